The van der Waals surface area contributed by atoms with Gasteiger partial charge in [-0.1, -0.05) is 160 Å². The molecule has 6 nitrogen and oxygen atoms in total. The van der Waals surface area contributed by atoms with E-state index < -0.39 is 13.2 Å². The summed E-state index contributed by atoms with van der Waals surface area (Å²) in [7, 11) is -1.34. The van der Waals surface area contributed by atoms with Crippen molar-refractivity contribution < 1.29 is 29.1 Å². The number of halogens is 1. The Balaban J connectivity index is 0.000000170. The first-order chi connectivity index (χ1) is 22.3. The SMILES string of the molecule is CCCC1=C(Cl)[C@@H](c2ccccc2)OC1=O.CCCC1=C(c2ccccc2)[C@@H](c2ccccc2)OC1=O.OB(O)c1ccccc1. The summed E-state index contributed by atoms with van der Waals surface area (Å²) in [5.41, 5.74) is 6.00. The summed E-state index contributed by atoms with van der Waals surface area (Å²) in [6.45, 7) is 4.10. The number of esters is 2. The van der Waals surface area contributed by atoms with Crippen LogP contribution >= 0.6 is 11.6 Å². The van der Waals surface area contributed by atoms with Crippen LogP contribution in [-0.4, -0.2) is 29.1 Å². The van der Waals surface area contributed by atoms with Crippen molar-refractivity contribution in [2.24, 2.45) is 0 Å². The average molecular weight is 637 g/mol. The zero-order valence-corrected chi connectivity index (χ0v) is 26.8. The third kappa shape index (κ3) is 8.85. The number of hydrogen-bond donors (Lipinski definition) is 2. The molecule has 2 N–H and O–H groups in total. The van der Waals surface area contributed by atoms with E-state index in [2.05, 4.69) is 6.92 Å². The second kappa shape index (κ2) is 17.3. The first-order valence-corrected chi connectivity index (χ1v) is 15.8. The minimum Gasteiger partial charge on any atom is -0.449 e. The van der Waals surface area contributed by atoms with Gasteiger partial charge in [0.15, 0.2) is 12.2 Å². The van der Waals surface area contributed by atoms with Crippen LogP contribution in [0.5, 0.6) is 0 Å². The highest BCUT2D eigenvalue weighted by atomic mass is 35.5. The van der Waals surface area contributed by atoms with Gasteiger partial charge in [-0.15, -0.1) is 0 Å². The van der Waals surface area contributed by atoms with Crippen LogP contribution in [0, 0.1) is 0 Å². The third-order valence-electron chi connectivity index (χ3n) is 7.44. The fourth-order valence-electron chi connectivity index (χ4n) is 5.22. The fourth-order valence-corrected chi connectivity index (χ4v) is 5.56. The van der Waals surface area contributed by atoms with Crippen molar-refractivity contribution in [3.63, 3.8) is 0 Å². The Morgan fingerprint density at radius 2 is 1.02 bits per heavy atom. The van der Waals surface area contributed by atoms with Crippen molar-refractivity contribution >= 4 is 41.7 Å². The predicted molar refractivity (Wildman–Crippen MR) is 183 cm³/mol. The summed E-state index contributed by atoms with van der Waals surface area (Å²) in [6.07, 6.45) is 2.57. The van der Waals surface area contributed by atoms with Gasteiger partial charge < -0.3 is 19.5 Å². The fraction of sp³-hybridized carbons (Fsp3) is 0.211. The lowest BCUT2D eigenvalue weighted by atomic mass is 9.81. The normalized spacial score (nSPS) is 17.0. The van der Waals surface area contributed by atoms with Gasteiger partial charge in [0.05, 0.1) is 10.6 Å². The van der Waals surface area contributed by atoms with E-state index in [0.717, 1.165) is 47.1 Å². The summed E-state index contributed by atoms with van der Waals surface area (Å²) in [6, 6.07) is 38.2. The molecule has 46 heavy (non-hydrogen) atoms. The van der Waals surface area contributed by atoms with Crippen LogP contribution in [0.3, 0.4) is 0 Å². The largest absolute Gasteiger partial charge is 0.488 e. The molecule has 0 spiro atoms. The first kappa shape index (κ1) is 34.4. The van der Waals surface area contributed by atoms with Crippen LogP contribution in [-0.2, 0) is 19.1 Å². The van der Waals surface area contributed by atoms with E-state index in [1.54, 1.807) is 24.3 Å². The molecule has 2 heterocycles. The number of cyclic esters (lactones) is 2. The zero-order chi connectivity index (χ0) is 32.9. The van der Waals surface area contributed by atoms with E-state index in [0.29, 0.717) is 22.5 Å². The van der Waals surface area contributed by atoms with Crippen molar-refractivity contribution in [1.82, 2.24) is 0 Å². The Labute approximate surface area is 276 Å². The van der Waals surface area contributed by atoms with Gasteiger partial charge in [0.25, 0.3) is 0 Å². The second-order valence-corrected chi connectivity index (χ2v) is 11.2. The highest BCUT2D eigenvalue weighted by Crippen LogP contribution is 2.43. The smallest absolute Gasteiger partial charge is 0.449 e. The Morgan fingerprint density at radius 3 is 1.50 bits per heavy atom. The maximum absolute atomic E-state index is 12.3. The number of carbonyl (C=O) groups is 2. The number of carbonyl (C=O) groups excluding carboxylic acids is 2. The topological polar surface area (TPSA) is 93.1 Å². The Morgan fingerprint density at radius 1 is 0.609 bits per heavy atom. The molecule has 0 saturated heterocycles. The Hall–Kier alpha value is -4.43. The van der Waals surface area contributed by atoms with Crippen molar-refractivity contribution in [1.29, 1.82) is 0 Å². The lowest BCUT2D eigenvalue weighted by molar-refractivity contribution is -0.140. The van der Waals surface area contributed by atoms with Gasteiger partial charge in [-0.3, -0.25) is 0 Å². The standard InChI is InChI=1S/C19H18O2.C13H13ClO2.C6H7BO2/c1-2-9-16-17(14-10-5-3-6-11-14)18(21-19(16)20)15-12-7-4-8-13-15;1-2-6-10-11(14)12(16-13(10)15)9-7-4-3-5-8-9;8-7(9)6-4-2-1-3-5-6/h3-8,10-13,18H,2,9H2,1H3;3-5,7-8,12H,2,6H2,1H3;1-5,8-9H/t18-;12-;/m11./s1. The van der Waals surface area contributed by atoms with Crippen LogP contribution < -0.4 is 5.46 Å². The molecule has 0 saturated carbocycles. The van der Waals surface area contributed by atoms with E-state index >= 15 is 0 Å². The summed E-state index contributed by atoms with van der Waals surface area (Å²) in [5, 5.41) is 17.7. The number of benzene rings is 4. The molecule has 0 radical (unpaired) electrons. The predicted octanol–water partition coefficient (Wildman–Crippen LogP) is 7.48. The first-order valence-electron chi connectivity index (χ1n) is 15.5. The molecule has 8 heteroatoms. The molecule has 4 aromatic rings. The lowest BCUT2D eigenvalue weighted by Gasteiger charge is -2.15. The van der Waals surface area contributed by atoms with E-state index in [1.165, 1.54) is 0 Å². The van der Waals surface area contributed by atoms with Crippen LogP contribution in [0.4, 0.5) is 0 Å². The van der Waals surface area contributed by atoms with Crippen molar-refractivity contribution in [2.45, 2.75) is 51.7 Å². The molecule has 6 rings (SSSR count). The summed E-state index contributed by atoms with van der Waals surface area (Å²) in [4.78, 5) is 23.8. The zero-order valence-electron chi connectivity index (χ0n) is 26.0. The van der Waals surface area contributed by atoms with E-state index in [4.69, 9.17) is 31.1 Å². The molecule has 2 aliphatic heterocycles. The molecule has 0 amide bonds. The molecular weight excluding hydrogens is 599 g/mol. The number of ether oxygens (including phenoxy) is 2. The summed E-state index contributed by atoms with van der Waals surface area (Å²) < 4.78 is 10.9. The minimum atomic E-state index is -1.34. The second-order valence-electron chi connectivity index (χ2n) is 10.8. The Bertz CT molecular complexity index is 1620. The van der Waals surface area contributed by atoms with E-state index in [1.807, 2.05) is 104 Å². The van der Waals surface area contributed by atoms with Crippen molar-refractivity contribution in [3.8, 4) is 0 Å². The highest BCUT2D eigenvalue weighted by Gasteiger charge is 2.35. The maximum atomic E-state index is 12.3. The van der Waals surface area contributed by atoms with Gasteiger partial charge in [0.2, 0.25) is 0 Å². The van der Waals surface area contributed by atoms with Crippen LogP contribution in [0.15, 0.2) is 138 Å². The summed E-state index contributed by atoms with van der Waals surface area (Å²) >= 11 is 6.19. The Kier molecular flexibility index (Phi) is 13.0. The number of rotatable bonds is 8. The number of hydrogen-bond acceptors (Lipinski definition) is 6. The molecule has 2 atom stereocenters. The van der Waals surface area contributed by atoms with Gasteiger partial charge in [0.1, 0.15) is 0 Å². The molecule has 4 aromatic carbocycles. The van der Waals surface area contributed by atoms with Crippen LogP contribution in [0.2, 0.25) is 0 Å². The molecule has 236 valence electrons. The lowest BCUT2D eigenvalue weighted by Crippen LogP contribution is -2.29. The highest BCUT2D eigenvalue weighted by molar-refractivity contribution is 6.58. The third-order valence-corrected chi connectivity index (χ3v) is 7.86. The van der Waals surface area contributed by atoms with Crippen molar-refractivity contribution in [2.75, 3.05) is 0 Å². The quantitative estimate of drug-likeness (QED) is 0.154. The van der Waals surface area contributed by atoms with Crippen LogP contribution in [0.1, 0.15) is 68.4 Å². The molecule has 0 bridgehead atoms. The average Bonchev–Trinajstić information content (AvgIpc) is 3.58. The molecule has 0 aromatic heterocycles. The van der Waals surface area contributed by atoms with Gasteiger partial charge in [-0.2, -0.15) is 0 Å². The monoisotopic (exact) mass is 636 g/mol. The molecule has 0 unspecified atom stereocenters. The molecule has 0 fully saturated rings. The molecule has 2 aliphatic rings. The van der Waals surface area contributed by atoms with Crippen molar-refractivity contribution in [3.05, 3.63) is 154 Å². The van der Waals surface area contributed by atoms with E-state index in [9.17, 15) is 9.59 Å². The van der Waals surface area contributed by atoms with Gasteiger partial charge in [-0.05, 0) is 35.0 Å². The molecule has 0 aliphatic carbocycles. The maximum Gasteiger partial charge on any atom is 0.488 e. The van der Waals surface area contributed by atoms with Crippen LogP contribution in [0.25, 0.3) is 5.57 Å². The summed E-state index contributed by atoms with van der Waals surface area (Å²) in [5.74, 6) is -0.453. The minimum absolute atomic E-state index is 0.176. The van der Waals surface area contributed by atoms with Gasteiger partial charge in [0, 0.05) is 11.1 Å². The molecular formula is C38H38BClO6. The van der Waals surface area contributed by atoms with Gasteiger partial charge >= 0.3 is 19.1 Å². The van der Waals surface area contributed by atoms with E-state index in [-0.39, 0.29) is 18.0 Å². The van der Waals surface area contributed by atoms with Gasteiger partial charge in [-0.25, -0.2) is 9.59 Å².